The highest BCUT2D eigenvalue weighted by molar-refractivity contribution is 6.31. The number of imidazole rings is 1. The zero-order valence-electron chi connectivity index (χ0n) is 12.8. The number of aromatic nitrogens is 2. The van der Waals surface area contributed by atoms with E-state index in [0.717, 1.165) is 43.0 Å². The van der Waals surface area contributed by atoms with E-state index in [1.807, 2.05) is 25.1 Å². The molecule has 1 atom stereocenters. The minimum absolute atomic E-state index is 0.132. The van der Waals surface area contributed by atoms with E-state index in [1.165, 1.54) is 0 Å². The molecule has 21 heavy (non-hydrogen) atoms. The van der Waals surface area contributed by atoms with Gasteiger partial charge in [-0.05, 0) is 37.5 Å². The molecule has 5 heteroatoms. The molecule has 0 amide bonds. The molecule has 0 spiro atoms. The van der Waals surface area contributed by atoms with Gasteiger partial charge in [0.05, 0.1) is 16.4 Å². The zero-order chi connectivity index (χ0) is 15.4. The molecule has 1 heterocycles. The van der Waals surface area contributed by atoms with E-state index in [0.29, 0.717) is 10.9 Å². The fourth-order valence-electron chi connectivity index (χ4n) is 2.30. The minimum Gasteiger partial charge on any atom is -0.381 e. The molecule has 2 rings (SSSR count). The Bertz CT molecular complexity index is 593. The van der Waals surface area contributed by atoms with Crippen molar-refractivity contribution in [2.45, 2.75) is 39.1 Å². The highest BCUT2D eigenvalue weighted by Gasteiger charge is 2.14. The van der Waals surface area contributed by atoms with E-state index in [1.54, 1.807) is 0 Å². The van der Waals surface area contributed by atoms with Crippen LogP contribution in [0.1, 0.15) is 38.4 Å². The zero-order valence-corrected chi connectivity index (χ0v) is 14.3. The Labute approximate surface area is 136 Å². The third-order valence-corrected chi connectivity index (χ3v) is 3.65. The third-order valence-electron chi connectivity index (χ3n) is 3.22. The molecule has 1 unspecified atom stereocenters. The lowest BCUT2D eigenvalue weighted by molar-refractivity contribution is 0.105. The van der Waals surface area contributed by atoms with Crippen molar-refractivity contribution in [3.8, 4) is 0 Å². The van der Waals surface area contributed by atoms with Crippen molar-refractivity contribution in [3.63, 3.8) is 0 Å². The summed E-state index contributed by atoms with van der Waals surface area (Å²) in [5.74, 6) is 1.46. The van der Waals surface area contributed by atoms with Gasteiger partial charge in [-0.1, -0.05) is 25.4 Å². The summed E-state index contributed by atoms with van der Waals surface area (Å²) in [4.78, 5) is 4.61. The first-order chi connectivity index (χ1) is 9.99. The molecular formula is C16H22Cl2N2O. The average molecular weight is 329 g/mol. The van der Waals surface area contributed by atoms with Crippen molar-refractivity contribution in [1.29, 1.82) is 0 Å². The Kier molecular flexibility index (Phi) is 5.91. The highest BCUT2D eigenvalue weighted by atomic mass is 35.5. The number of hydrogen-bond donors (Lipinski definition) is 0. The van der Waals surface area contributed by atoms with Crippen molar-refractivity contribution in [2.24, 2.45) is 5.92 Å². The topological polar surface area (TPSA) is 27.1 Å². The van der Waals surface area contributed by atoms with Gasteiger partial charge in [-0.15, -0.1) is 11.6 Å². The van der Waals surface area contributed by atoms with Gasteiger partial charge < -0.3 is 9.30 Å². The van der Waals surface area contributed by atoms with Crippen molar-refractivity contribution < 1.29 is 4.74 Å². The molecule has 1 aromatic heterocycles. The lowest BCUT2D eigenvalue weighted by atomic mass is 10.2. The molecule has 116 valence electrons. The molecule has 0 N–H and O–H groups in total. The number of fused-ring (bicyclic) bond motifs is 1. The van der Waals surface area contributed by atoms with Crippen LogP contribution in [0.15, 0.2) is 18.2 Å². The largest absolute Gasteiger partial charge is 0.381 e. The van der Waals surface area contributed by atoms with Crippen LogP contribution in [0.25, 0.3) is 11.0 Å². The van der Waals surface area contributed by atoms with Crippen LogP contribution in [0.5, 0.6) is 0 Å². The average Bonchev–Trinajstić information content (AvgIpc) is 2.76. The van der Waals surface area contributed by atoms with Crippen molar-refractivity contribution in [2.75, 3.05) is 13.2 Å². The summed E-state index contributed by atoms with van der Waals surface area (Å²) in [6.07, 6.45) is 0.942. The van der Waals surface area contributed by atoms with Crippen LogP contribution in [0, 0.1) is 5.92 Å². The number of ether oxygens (including phenoxy) is 1. The number of alkyl halides is 1. The predicted octanol–water partition coefficient (Wildman–Crippen LogP) is 5.05. The fraction of sp³-hybridized carbons (Fsp3) is 0.562. The van der Waals surface area contributed by atoms with Crippen LogP contribution in [0.2, 0.25) is 5.02 Å². The maximum atomic E-state index is 6.25. The lowest BCUT2D eigenvalue weighted by Gasteiger charge is -2.11. The monoisotopic (exact) mass is 328 g/mol. The molecule has 0 aliphatic heterocycles. The summed E-state index contributed by atoms with van der Waals surface area (Å²) in [7, 11) is 0. The number of nitrogens with zero attached hydrogens (tertiary/aromatic N) is 2. The van der Waals surface area contributed by atoms with E-state index >= 15 is 0 Å². The molecule has 2 aromatic rings. The SMILES string of the molecule is CC(C)COCCCn1c(C(C)Cl)nc2cc(Cl)ccc21. The highest BCUT2D eigenvalue weighted by Crippen LogP contribution is 2.26. The van der Waals surface area contributed by atoms with Crippen LogP contribution in [0.3, 0.4) is 0 Å². The third kappa shape index (κ3) is 4.35. The van der Waals surface area contributed by atoms with Gasteiger partial charge in [-0.3, -0.25) is 0 Å². The van der Waals surface area contributed by atoms with Crippen LogP contribution < -0.4 is 0 Å². The van der Waals surface area contributed by atoms with Crippen LogP contribution in [-0.4, -0.2) is 22.8 Å². The summed E-state index contributed by atoms with van der Waals surface area (Å²) in [5.41, 5.74) is 1.97. The Morgan fingerprint density at radius 3 is 2.71 bits per heavy atom. The molecule has 1 aromatic carbocycles. The first-order valence-corrected chi connectivity index (χ1v) is 8.18. The van der Waals surface area contributed by atoms with Gasteiger partial charge in [-0.25, -0.2) is 4.98 Å². The van der Waals surface area contributed by atoms with Crippen molar-refractivity contribution >= 4 is 34.2 Å². The van der Waals surface area contributed by atoms with E-state index < -0.39 is 0 Å². The number of hydrogen-bond acceptors (Lipinski definition) is 2. The van der Waals surface area contributed by atoms with Gasteiger partial charge in [0.1, 0.15) is 5.82 Å². The van der Waals surface area contributed by atoms with Crippen molar-refractivity contribution in [3.05, 3.63) is 29.0 Å². The standard InChI is InChI=1S/C16H22Cl2N2O/c1-11(2)10-21-8-4-7-20-15-6-5-13(18)9-14(15)19-16(20)12(3)17/h5-6,9,11-12H,4,7-8,10H2,1-3H3. The molecule has 0 saturated carbocycles. The maximum Gasteiger partial charge on any atom is 0.127 e. The summed E-state index contributed by atoms with van der Waals surface area (Å²) in [6, 6.07) is 5.77. The predicted molar refractivity (Wildman–Crippen MR) is 89.3 cm³/mol. The molecule has 0 radical (unpaired) electrons. The van der Waals surface area contributed by atoms with E-state index in [4.69, 9.17) is 27.9 Å². The quantitative estimate of drug-likeness (QED) is 0.525. The second-order valence-electron chi connectivity index (χ2n) is 5.69. The molecule has 0 fully saturated rings. The fourth-order valence-corrected chi connectivity index (χ4v) is 2.64. The van der Waals surface area contributed by atoms with Gasteiger partial charge in [0, 0.05) is 24.8 Å². The van der Waals surface area contributed by atoms with Gasteiger partial charge in [-0.2, -0.15) is 0 Å². The van der Waals surface area contributed by atoms with E-state index in [2.05, 4.69) is 23.4 Å². The van der Waals surface area contributed by atoms with Crippen LogP contribution in [0.4, 0.5) is 0 Å². The molecule has 3 nitrogen and oxygen atoms in total. The van der Waals surface area contributed by atoms with Crippen molar-refractivity contribution in [1.82, 2.24) is 9.55 Å². The van der Waals surface area contributed by atoms with E-state index in [-0.39, 0.29) is 5.38 Å². The number of benzene rings is 1. The van der Waals surface area contributed by atoms with Gasteiger partial charge in [0.15, 0.2) is 0 Å². The molecular weight excluding hydrogens is 307 g/mol. The Hall–Kier alpha value is -0.770. The second kappa shape index (κ2) is 7.48. The summed E-state index contributed by atoms with van der Waals surface area (Å²) < 4.78 is 7.81. The molecule has 0 saturated heterocycles. The first kappa shape index (κ1) is 16.6. The first-order valence-electron chi connectivity index (χ1n) is 7.36. The summed E-state index contributed by atoms with van der Waals surface area (Å²) >= 11 is 12.3. The normalized spacial score (nSPS) is 13.2. The Morgan fingerprint density at radius 2 is 2.05 bits per heavy atom. The van der Waals surface area contributed by atoms with Gasteiger partial charge in [0.2, 0.25) is 0 Å². The Balaban J connectivity index is 2.11. The maximum absolute atomic E-state index is 6.25. The Morgan fingerprint density at radius 1 is 1.29 bits per heavy atom. The lowest BCUT2D eigenvalue weighted by Crippen LogP contribution is -2.09. The van der Waals surface area contributed by atoms with Crippen LogP contribution in [-0.2, 0) is 11.3 Å². The summed E-state index contributed by atoms with van der Waals surface area (Å²) in [6.45, 7) is 8.65. The number of rotatable bonds is 7. The molecule has 0 bridgehead atoms. The molecule has 0 aliphatic carbocycles. The smallest absolute Gasteiger partial charge is 0.127 e. The number of halogens is 2. The minimum atomic E-state index is -0.132. The van der Waals surface area contributed by atoms with Crippen LogP contribution >= 0.6 is 23.2 Å². The van der Waals surface area contributed by atoms with Gasteiger partial charge in [0.25, 0.3) is 0 Å². The second-order valence-corrected chi connectivity index (χ2v) is 6.78. The van der Waals surface area contributed by atoms with E-state index in [9.17, 15) is 0 Å². The number of aryl methyl sites for hydroxylation is 1. The summed E-state index contributed by atoms with van der Waals surface area (Å²) in [5, 5.41) is 0.564. The van der Waals surface area contributed by atoms with Gasteiger partial charge >= 0.3 is 0 Å². The molecule has 0 aliphatic rings.